The normalized spacial score (nSPS) is 18.4. The van der Waals surface area contributed by atoms with E-state index in [1.165, 1.54) is 16.9 Å². The topological polar surface area (TPSA) is 59.2 Å². The van der Waals surface area contributed by atoms with Gasteiger partial charge in [0.15, 0.2) is 5.13 Å². The first-order chi connectivity index (χ1) is 9.74. The van der Waals surface area contributed by atoms with Gasteiger partial charge in [-0.25, -0.2) is 4.98 Å². The van der Waals surface area contributed by atoms with Crippen LogP contribution in [0.15, 0.2) is 35.7 Å². The zero-order chi connectivity index (χ0) is 13.9. The van der Waals surface area contributed by atoms with Crippen molar-refractivity contribution in [1.29, 1.82) is 0 Å². The predicted molar refractivity (Wildman–Crippen MR) is 80.7 cm³/mol. The Morgan fingerprint density at radius 3 is 2.90 bits per heavy atom. The lowest BCUT2D eigenvalue weighted by molar-refractivity contribution is 0.0731. The fourth-order valence-electron chi connectivity index (χ4n) is 2.73. The number of hydrogen-bond donors (Lipinski definition) is 1. The first kappa shape index (κ1) is 13.1. The summed E-state index contributed by atoms with van der Waals surface area (Å²) in [5.41, 5.74) is 7.36. The van der Waals surface area contributed by atoms with E-state index >= 15 is 0 Å². The molecule has 0 spiro atoms. The van der Waals surface area contributed by atoms with Crippen LogP contribution < -0.4 is 5.73 Å². The molecule has 1 atom stereocenters. The van der Waals surface area contributed by atoms with Gasteiger partial charge in [0.25, 0.3) is 5.91 Å². The lowest BCUT2D eigenvalue weighted by Crippen LogP contribution is -2.37. The number of rotatable bonds is 3. The van der Waals surface area contributed by atoms with Crippen LogP contribution in [0.25, 0.3) is 0 Å². The average Bonchev–Trinajstić information content (AvgIpc) is 3.08. The number of carbonyl (C=O) groups is 1. The van der Waals surface area contributed by atoms with Gasteiger partial charge in [0.05, 0.1) is 0 Å². The molecule has 0 saturated carbocycles. The van der Waals surface area contributed by atoms with Crippen LogP contribution in [0.4, 0.5) is 5.13 Å². The minimum atomic E-state index is 0.0105. The number of likely N-dealkylation sites (tertiary alicyclic amines) is 1. The fraction of sp³-hybridized carbons (Fsp3) is 0.333. The molecule has 1 aliphatic rings. The zero-order valence-electron chi connectivity index (χ0n) is 11.2. The van der Waals surface area contributed by atoms with Crippen LogP contribution in [0, 0.1) is 0 Å². The Morgan fingerprint density at radius 2 is 2.20 bits per heavy atom. The molecule has 5 heteroatoms. The van der Waals surface area contributed by atoms with Crippen LogP contribution in [0.1, 0.15) is 28.9 Å². The van der Waals surface area contributed by atoms with E-state index in [1.54, 1.807) is 5.38 Å². The highest BCUT2D eigenvalue weighted by Gasteiger charge is 2.30. The lowest BCUT2D eigenvalue weighted by Gasteiger charge is -2.24. The Kier molecular flexibility index (Phi) is 3.69. The fourth-order valence-corrected chi connectivity index (χ4v) is 3.27. The summed E-state index contributed by atoms with van der Waals surface area (Å²) in [5, 5.41) is 2.20. The van der Waals surface area contributed by atoms with Crippen molar-refractivity contribution in [3.05, 3.63) is 47.0 Å². The second kappa shape index (κ2) is 5.63. The van der Waals surface area contributed by atoms with E-state index in [2.05, 4.69) is 17.1 Å². The molecule has 1 aromatic carbocycles. The van der Waals surface area contributed by atoms with Crippen LogP contribution in [0.5, 0.6) is 0 Å². The minimum absolute atomic E-state index is 0.0105. The second-order valence-corrected chi connectivity index (χ2v) is 5.94. The molecule has 1 saturated heterocycles. The molecule has 0 aliphatic carbocycles. The Labute approximate surface area is 122 Å². The highest BCUT2D eigenvalue weighted by molar-refractivity contribution is 7.13. The number of aromatic nitrogens is 1. The molecular weight excluding hydrogens is 270 g/mol. The summed E-state index contributed by atoms with van der Waals surface area (Å²) in [6.07, 6.45) is 3.02. The Balaban J connectivity index is 1.74. The third-order valence-electron chi connectivity index (χ3n) is 3.69. The van der Waals surface area contributed by atoms with Crippen molar-refractivity contribution in [2.45, 2.75) is 25.3 Å². The molecule has 1 amide bonds. The Morgan fingerprint density at radius 1 is 1.40 bits per heavy atom. The van der Waals surface area contributed by atoms with Crippen LogP contribution in [-0.4, -0.2) is 28.4 Å². The van der Waals surface area contributed by atoms with Crippen molar-refractivity contribution in [3.63, 3.8) is 0 Å². The van der Waals surface area contributed by atoms with E-state index in [4.69, 9.17) is 5.73 Å². The van der Waals surface area contributed by atoms with Crippen LogP contribution >= 0.6 is 11.3 Å². The quantitative estimate of drug-likeness (QED) is 0.944. The molecule has 0 bridgehead atoms. The van der Waals surface area contributed by atoms with Gasteiger partial charge in [-0.2, -0.15) is 0 Å². The molecular formula is C15H17N3OS. The van der Waals surface area contributed by atoms with Gasteiger partial charge in [-0.3, -0.25) is 4.79 Å². The third kappa shape index (κ3) is 2.67. The summed E-state index contributed by atoms with van der Waals surface area (Å²) >= 11 is 1.32. The molecule has 104 valence electrons. The number of nitrogens with zero attached hydrogens (tertiary/aromatic N) is 2. The number of benzene rings is 1. The molecule has 1 aromatic heterocycles. The summed E-state index contributed by atoms with van der Waals surface area (Å²) in [7, 11) is 0. The largest absolute Gasteiger partial charge is 0.375 e. The number of carbonyl (C=O) groups excluding carboxylic acids is 1. The molecule has 2 aromatic rings. The maximum absolute atomic E-state index is 12.5. The Hall–Kier alpha value is -1.88. The Bertz CT molecular complexity index is 596. The van der Waals surface area contributed by atoms with Gasteiger partial charge >= 0.3 is 0 Å². The van der Waals surface area contributed by atoms with Gasteiger partial charge in [0, 0.05) is 18.0 Å². The first-order valence-electron chi connectivity index (χ1n) is 6.80. The molecule has 2 N–H and O–H groups in total. The van der Waals surface area contributed by atoms with Gasteiger partial charge in [-0.15, -0.1) is 11.3 Å². The highest BCUT2D eigenvalue weighted by Crippen LogP contribution is 2.24. The van der Waals surface area contributed by atoms with Crippen LogP contribution in [0.2, 0.25) is 0 Å². The number of nitrogens with two attached hydrogens (primary N) is 1. The number of thiazole rings is 1. The van der Waals surface area contributed by atoms with E-state index in [-0.39, 0.29) is 11.9 Å². The van der Waals surface area contributed by atoms with Crippen molar-refractivity contribution in [2.75, 3.05) is 12.3 Å². The SMILES string of the molecule is Nc1nc(C(=O)N2CCCC2Cc2ccccc2)cs1. The van der Waals surface area contributed by atoms with Crippen LogP contribution in [0.3, 0.4) is 0 Å². The van der Waals surface area contributed by atoms with E-state index < -0.39 is 0 Å². The number of hydrogen-bond acceptors (Lipinski definition) is 4. The minimum Gasteiger partial charge on any atom is -0.375 e. The second-order valence-electron chi connectivity index (χ2n) is 5.06. The third-order valence-corrected chi connectivity index (χ3v) is 4.37. The predicted octanol–water partition coefficient (Wildman–Crippen LogP) is 2.57. The molecule has 2 heterocycles. The summed E-state index contributed by atoms with van der Waals surface area (Å²) in [5.74, 6) is 0.0105. The smallest absolute Gasteiger partial charge is 0.273 e. The van der Waals surface area contributed by atoms with E-state index in [9.17, 15) is 4.79 Å². The molecule has 1 fully saturated rings. The monoisotopic (exact) mass is 287 g/mol. The molecule has 3 rings (SSSR count). The summed E-state index contributed by atoms with van der Waals surface area (Å²) in [6.45, 7) is 0.813. The maximum atomic E-state index is 12.5. The molecule has 4 nitrogen and oxygen atoms in total. The van der Waals surface area contributed by atoms with Gasteiger partial charge < -0.3 is 10.6 Å². The zero-order valence-corrected chi connectivity index (χ0v) is 12.0. The lowest BCUT2D eigenvalue weighted by atomic mass is 10.0. The maximum Gasteiger partial charge on any atom is 0.273 e. The number of anilines is 1. The van der Waals surface area contributed by atoms with Crippen molar-refractivity contribution in [3.8, 4) is 0 Å². The van der Waals surface area contributed by atoms with E-state index in [1.807, 2.05) is 23.1 Å². The van der Waals surface area contributed by atoms with Gasteiger partial charge in [0.2, 0.25) is 0 Å². The van der Waals surface area contributed by atoms with Crippen molar-refractivity contribution >= 4 is 22.4 Å². The molecule has 0 radical (unpaired) electrons. The van der Waals surface area contributed by atoms with Gasteiger partial charge in [-0.05, 0) is 24.8 Å². The average molecular weight is 287 g/mol. The number of nitrogen functional groups attached to an aromatic ring is 1. The summed E-state index contributed by atoms with van der Waals surface area (Å²) in [4.78, 5) is 18.5. The molecule has 1 unspecified atom stereocenters. The van der Waals surface area contributed by atoms with E-state index in [0.29, 0.717) is 10.8 Å². The van der Waals surface area contributed by atoms with Crippen molar-refractivity contribution in [1.82, 2.24) is 9.88 Å². The summed E-state index contributed by atoms with van der Waals surface area (Å²) in [6, 6.07) is 10.6. The highest BCUT2D eigenvalue weighted by atomic mass is 32.1. The standard InChI is InChI=1S/C15H17N3OS/c16-15-17-13(10-20-15)14(19)18-8-4-7-12(18)9-11-5-2-1-3-6-11/h1-3,5-6,10,12H,4,7-9H2,(H2,16,17). The molecule has 1 aliphatic heterocycles. The van der Waals surface area contributed by atoms with Gasteiger partial charge in [-0.1, -0.05) is 30.3 Å². The van der Waals surface area contributed by atoms with Crippen molar-refractivity contribution in [2.24, 2.45) is 0 Å². The summed E-state index contributed by atoms with van der Waals surface area (Å²) < 4.78 is 0. The van der Waals surface area contributed by atoms with Gasteiger partial charge in [0.1, 0.15) is 5.69 Å². The van der Waals surface area contributed by atoms with Crippen LogP contribution in [-0.2, 0) is 6.42 Å². The first-order valence-corrected chi connectivity index (χ1v) is 7.68. The number of amides is 1. The molecule has 20 heavy (non-hydrogen) atoms. The van der Waals surface area contributed by atoms with E-state index in [0.717, 1.165) is 25.8 Å². The van der Waals surface area contributed by atoms with Crippen molar-refractivity contribution < 1.29 is 4.79 Å².